The Labute approximate surface area is 94.4 Å². The van der Waals surface area contributed by atoms with Crippen molar-refractivity contribution in [2.75, 3.05) is 4.90 Å². The lowest BCUT2D eigenvalue weighted by molar-refractivity contribution is -0.132. The van der Waals surface area contributed by atoms with E-state index in [4.69, 9.17) is 0 Å². The van der Waals surface area contributed by atoms with Crippen LogP contribution in [0.5, 0.6) is 0 Å². The summed E-state index contributed by atoms with van der Waals surface area (Å²) in [6, 6.07) is 4.01. The van der Waals surface area contributed by atoms with Crippen molar-refractivity contribution in [3.63, 3.8) is 0 Å². The summed E-state index contributed by atoms with van der Waals surface area (Å²) in [5, 5.41) is 0. The lowest BCUT2D eigenvalue weighted by atomic mass is 10.0. The third kappa shape index (κ3) is 1.54. The van der Waals surface area contributed by atoms with Crippen molar-refractivity contribution in [1.29, 1.82) is 0 Å². The number of amides is 1. The highest BCUT2D eigenvalue weighted by Crippen LogP contribution is 2.28. The molecule has 0 N–H and O–H groups in total. The summed E-state index contributed by atoms with van der Waals surface area (Å²) in [7, 11) is 0. The molecule has 1 aromatic rings. The molecule has 0 atom stereocenters. The number of hydrogen-bond donors (Lipinski definition) is 0. The summed E-state index contributed by atoms with van der Waals surface area (Å²) in [6.45, 7) is 5.90. The van der Waals surface area contributed by atoms with Crippen LogP contribution in [0.3, 0.4) is 0 Å². The van der Waals surface area contributed by atoms with E-state index in [9.17, 15) is 9.59 Å². The second kappa shape index (κ2) is 3.59. The first-order valence-electron chi connectivity index (χ1n) is 5.14. The molecule has 0 fully saturated rings. The number of rotatable bonds is 1. The zero-order valence-corrected chi connectivity index (χ0v) is 9.57. The maximum Gasteiger partial charge on any atom is 0.302 e. The van der Waals surface area contributed by atoms with Gasteiger partial charge in [-0.05, 0) is 31.9 Å². The topological polar surface area (TPSA) is 37.4 Å². The highest BCUT2D eigenvalue weighted by atomic mass is 16.2. The molecule has 0 saturated heterocycles. The van der Waals surface area contributed by atoms with Crippen molar-refractivity contribution in [3.8, 4) is 0 Å². The lowest BCUT2D eigenvalue weighted by Crippen LogP contribution is -2.26. The Bertz CT molecular complexity index is 492. The maximum atomic E-state index is 11.6. The Balaban J connectivity index is 2.54. The Morgan fingerprint density at radius 2 is 1.56 bits per heavy atom. The summed E-state index contributed by atoms with van der Waals surface area (Å²) >= 11 is 0. The fraction of sp³-hybridized carbons (Fsp3) is 0.231. The summed E-state index contributed by atoms with van der Waals surface area (Å²) in [5.41, 5.74) is 3.98. The third-order valence-electron chi connectivity index (χ3n) is 2.68. The van der Waals surface area contributed by atoms with Crippen LogP contribution in [0.15, 0.2) is 24.4 Å². The average Bonchev–Trinajstić information content (AvgIpc) is 2.48. The van der Waals surface area contributed by atoms with Crippen LogP contribution in [-0.2, 0) is 9.59 Å². The van der Waals surface area contributed by atoms with Crippen LogP contribution in [0.1, 0.15) is 16.7 Å². The Hall–Kier alpha value is -1.90. The van der Waals surface area contributed by atoms with Crippen molar-refractivity contribution < 1.29 is 9.59 Å². The molecule has 0 aromatic heterocycles. The van der Waals surface area contributed by atoms with Gasteiger partial charge in [-0.1, -0.05) is 17.7 Å². The molecule has 0 unspecified atom stereocenters. The van der Waals surface area contributed by atoms with Gasteiger partial charge in [-0.2, -0.15) is 0 Å². The second-order valence-corrected chi connectivity index (χ2v) is 4.10. The van der Waals surface area contributed by atoms with Crippen LogP contribution in [0.2, 0.25) is 0 Å². The molecule has 16 heavy (non-hydrogen) atoms. The van der Waals surface area contributed by atoms with Gasteiger partial charge in [-0.3, -0.25) is 14.5 Å². The van der Waals surface area contributed by atoms with Crippen LogP contribution < -0.4 is 4.90 Å². The normalized spacial score (nSPS) is 15.1. The van der Waals surface area contributed by atoms with Gasteiger partial charge in [-0.15, -0.1) is 0 Å². The fourth-order valence-corrected chi connectivity index (χ4v) is 2.13. The summed E-state index contributed by atoms with van der Waals surface area (Å²) < 4.78 is 0. The predicted octanol–water partition coefficient (Wildman–Crippen LogP) is 2.04. The molecule has 1 aromatic carbocycles. The van der Waals surface area contributed by atoms with E-state index in [2.05, 4.69) is 0 Å². The first-order chi connectivity index (χ1) is 7.50. The Morgan fingerprint density at radius 1 is 1.00 bits per heavy atom. The van der Waals surface area contributed by atoms with E-state index >= 15 is 0 Å². The lowest BCUT2D eigenvalue weighted by Gasteiger charge is -2.19. The molecule has 0 radical (unpaired) electrons. The number of aryl methyl sites for hydroxylation is 3. The molecular formula is C13H13NO2. The van der Waals surface area contributed by atoms with Crippen LogP contribution in [0.4, 0.5) is 5.69 Å². The van der Waals surface area contributed by atoms with Crippen LogP contribution >= 0.6 is 0 Å². The molecule has 0 saturated carbocycles. The van der Waals surface area contributed by atoms with Gasteiger partial charge in [0.2, 0.25) is 5.78 Å². The van der Waals surface area contributed by atoms with E-state index in [1.807, 2.05) is 32.9 Å². The van der Waals surface area contributed by atoms with Gasteiger partial charge >= 0.3 is 5.91 Å². The maximum absolute atomic E-state index is 11.6. The molecule has 0 bridgehead atoms. The molecule has 0 aliphatic carbocycles. The van der Waals surface area contributed by atoms with Gasteiger partial charge < -0.3 is 0 Å². The van der Waals surface area contributed by atoms with Gasteiger partial charge in [0.15, 0.2) is 0 Å². The van der Waals surface area contributed by atoms with Gasteiger partial charge in [0, 0.05) is 12.3 Å². The zero-order valence-electron chi connectivity index (χ0n) is 9.57. The van der Waals surface area contributed by atoms with Crippen LogP contribution in [0.25, 0.3) is 0 Å². The van der Waals surface area contributed by atoms with Crippen LogP contribution in [-0.4, -0.2) is 11.7 Å². The number of benzene rings is 1. The summed E-state index contributed by atoms with van der Waals surface area (Å²) in [5.74, 6) is -0.936. The third-order valence-corrected chi connectivity index (χ3v) is 2.68. The minimum atomic E-state index is -0.477. The van der Waals surface area contributed by atoms with Gasteiger partial charge in [0.1, 0.15) is 0 Å². The molecule has 1 amide bonds. The summed E-state index contributed by atoms with van der Waals surface area (Å²) in [6.07, 6.45) is 2.84. The smallest absolute Gasteiger partial charge is 0.284 e. The standard InChI is InChI=1S/C13H13NO2/c1-8-6-9(2)12(10(3)7-8)14-5-4-11(15)13(14)16/h4-7H,1-3H3. The summed E-state index contributed by atoms with van der Waals surface area (Å²) in [4.78, 5) is 24.2. The number of carbonyl (C=O) groups is 2. The number of carbonyl (C=O) groups excluding carboxylic acids is 2. The van der Waals surface area contributed by atoms with Crippen molar-refractivity contribution in [3.05, 3.63) is 41.1 Å². The molecule has 0 spiro atoms. The van der Waals surface area contributed by atoms with Gasteiger partial charge in [0.25, 0.3) is 0 Å². The monoisotopic (exact) mass is 215 g/mol. The largest absolute Gasteiger partial charge is 0.302 e. The van der Waals surface area contributed by atoms with Crippen LogP contribution in [0, 0.1) is 20.8 Å². The second-order valence-electron chi connectivity index (χ2n) is 4.10. The first kappa shape index (κ1) is 10.6. The Morgan fingerprint density at radius 3 is 2.00 bits per heavy atom. The van der Waals surface area contributed by atoms with Crippen molar-refractivity contribution in [1.82, 2.24) is 0 Å². The SMILES string of the molecule is Cc1cc(C)c(N2C=CC(=O)C2=O)c(C)c1. The fourth-order valence-electron chi connectivity index (χ4n) is 2.13. The average molecular weight is 215 g/mol. The Kier molecular flexibility index (Phi) is 2.38. The van der Waals surface area contributed by atoms with E-state index in [0.717, 1.165) is 22.4 Å². The molecule has 3 nitrogen and oxygen atoms in total. The molecular weight excluding hydrogens is 202 g/mol. The predicted molar refractivity (Wildman–Crippen MR) is 62.3 cm³/mol. The van der Waals surface area contributed by atoms with E-state index < -0.39 is 11.7 Å². The number of anilines is 1. The molecule has 82 valence electrons. The zero-order chi connectivity index (χ0) is 11.9. The quantitative estimate of drug-likeness (QED) is 0.672. The number of ketones is 1. The minimum absolute atomic E-state index is 0.459. The highest BCUT2D eigenvalue weighted by molar-refractivity contribution is 6.48. The van der Waals surface area contributed by atoms with E-state index in [1.54, 1.807) is 0 Å². The molecule has 1 aliphatic heterocycles. The molecule has 2 rings (SSSR count). The van der Waals surface area contributed by atoms with Crippen molar-refractivity contribution in [2.45, 2.75) is 20.8 Å². The van der Waals surface area contributed by atoms with E-state index in [0.29, 0.717) is 0 Å². The molecule has 1 heterocycles. The van der Waals surface area contributed by atoms with Crippen molar-refractivity contribution in [2.24, 2.45) is 0 Å². The van der Waals surface area contributed by atoms with Gasteiger partial charge in [-0.25, -0.2) is 0 Å². The number of hydrogen-bond acceptors (Lipinski definition) is 2. The minimum Gasteiger partial charge on any atom is -0.284 e. The van der Waals surface area contributed by atoms with Gasteiger partial charge in [0.05, 0.1) is 5.69 Å². The van der Waals surface area contributed by atoms with E-state index in [-0.39, 0.29) is 0 Å². The van der Waals surface area contributed by atoms with Crippen molar-refractivity contribution >= 4 is 17.4 Å². The molecule has 1 aliphatic rings. The number of nitrogens with zero attached hydrogens (tertiary/aromatic N) is 1. The molecule has 3 heteroatoms. The highest BCUT2D eigenvalue weighted by Gasteiger charge is 2.27. The first-order valence-corrected chi connectivity index (χ1v) is 5.14. The van der Waals surface area contributed by atoms with E-state index in [1.165, 1.54) is 17.2 Å².